The monoisotopic (exact) mass is 258 g/mol. The molecule has 0 aliphatic rings. The molecule has 0 aliphatic heterocycles. The summed E-state index contributed by atoms with van der Waals surface area (Å²) >= 11 is 1.26. The molecule has 0 saturated heterocycles. The standard InChI is InChI=1S/C11H18N2O3S/c1-7(2)15-5-6-16-11(14)9-8(3)13-17-10(9)12-4/h7,12H,5-6H2,1-4H3. The molecule has 0 aliphatic carbocycles. The highest BCUT2D eigenvalue weighted by atomic mass is 32.1. The molecule has 0 unspecified atom stereocenters. The lowest BCUT2D eigenvalue weighted by atomic mass is 10.2. The number of hydrogen-bond donors (Lipinski definition) is 1. The molecular weight excluding hydrogens is 240 g/mol. The second kappa shape index (κ2) is 6.56. The first kappa shape index (κ1) is 13.9. The molecule has 0 aromatic carbocycles. The summed E-state index contributed by atoms with van der Waals surface area (Å²) in [4.78, 5) is 11.8. The Morgan fingerprint density at radius 3 is 2.76 bits per heavy atom. The molecule has 1 rings (SSSR count). The van der Waals surface area contributed by atoms with Crippen molar-refractivity contribution in [2.45, 2.75) is 26.9 Å². The Labute approximate surface area is 105 Å². The van der Waals surface area contributed by atoms with Crippen molar-refractivity contribution in [1.29, 1.82) is 0 Å². The third kappa shape index (κ3) is 3.98. The molecule has 0 saturated carbocycles. The Morgan fingerprint density at radius 1 is 1.47 bits per heavy atom. The van der Waals surface area contributed by atoms with E-state index in [2.05, 4.69) is 9.69 Å². The Hall–Kier alpha value is -1.14. The maximum Gasteiger partial charge on any atom is 0.343 e. The molecule has 0 fully saturated rings. The molecule has 0 bridgehead atoms. The Balaban J connectivity index is 2.49. The van der Waals surface area contributed by atoms with E-state index in [1.165, 1.54) is 11.5 Å². The Bertz CT molecular complexity index is 377. The first-order valence-electron chi connectivity index (χ1n) is 5.49. The molecule has 6 heteroatoms. The molecule has 0 spiro atoms. The zero-order valence-electron chi connectivity index (χ0n) is 10.6. The zero-order chi connectivity index (χ0) is 12.8. The molecule has 0 amide bonds. The summed E-state index contributed by atoms with van der Waals surface area (Å²) in [7, 11) is 1.76. The van der Waals surface area contributed by atoms with E-state index >= 15 is 0 Å². The lowest BCUT2D eigenvalue weighted by Crippen LogP contribution is -2.14. The summed E-state index contributed by atoms with van der Waals surface area (Å²) in [5, 5.41) is 3.66. The fourth-order valence-electron chi connectivity index (χ4n) is 1.27. The van der Waals surface area contributed by atoms with E-state index in [0.29, 0.717) is 17.9 Å². The number of rotatable bonds is 6. The Kier molecular flexibility index (Phi) is 5.37. The van der Waals surface area contributed by atoms with Crippen LogP contribution in [0.3, 0.4) is 0 Å². The largest absolute Gasteiger partial charge is 0.460 e. The number of nitrogens with zero attached hydrogens (tertiary/aromatic N) is 1. The number of nitrogens with one attached hydrogen (secondary N) is 1. The minimum Gasteiger partial charge on any atom is -0.460 e. The minimum absolute atomic E-state index is 0.145. The lowest BCUT2D eigenvalue weighted by molar-refractivity contribution is 0.0177. The number of hydrogen-bond acceptors (Lipinski definition) is 6. The SMILES string of the molecule is CNc1snc(C)c1C(=O)OCCOC(C)C. The van der Waals surface area contributed by atoms with Crippen LogP contribution < -0.4 is 5.32 Å². The third-order valence-corrected chi connectivity index (χ3v) is 3.02. The summed E-state index contributed by atoms with van der Waals surface area (Å²) < 4.78 is 14.5. The quantitative estimate of drug-likeness (QED) is 0.625. The molecule has 1 heterocycles. The van der Waals surface area contributed by atoms with Gasteiger partial charge in [-0.15, -0.1) is 0 Å². The van der Waals surface area contributed by atoms with Gasteiger partial charge in [0.2, 0.25) is 0 Å². The summed E-state index contributed by atoms with van der Waals surface area (Å²) in [6.45, 7) is 6.34. The van der Waals surface area contributed by atoms with E-state index in [1.54, 1.807) is 14.0 Å². The van der Waals surface area contributed by atoms with Crippen molar-refractivity contribution in [3.8, 4) is 0 Å². The van der Waals surface area contributed by atoms with Gasteiger partial charge in [0.25, 0.3) is 0 Å². The molecular formula is C11H18N2O3S. The summed E-state index contributed by atoms with van der Waals surface area (Å²) in [5.41, 5.74) is 1.20. The van der Waals surface area contributed by atoms with Crippen LogP contribution in [0.2, 0.25) is 0 Å². The number of anilines is 1. The number of aryl methyl sites for hydroxylation is 1. The lowest BCUT2D eigenvalue weighted by Gasteiger charge is -2.08. The molecule has 1 aromatic rings. The van der Waals surface area contributed by atoms with Crippen molar-refractivity contribution >= 4 is 22.5 Å². The maximum atomic E-state index is 11.8. The highest BCUT2D eigenvalue weighted by Gasteiger charge is 2.18. The topological polar surface area (TPSA) is 60.5 Å². The van der Waals surface area contributed by atoms with E-state index in [1.807, 2.05) is 13.8 Å². The molecule has 0 radical (unpaired) electrons. The molecule has 0 atom stereocenters. The number of ether oxygens (including phenoxy) is 2. The molecule has 96 valence electrons. The van der Waals surface area contributed by atoms with Crippen molar-refractivity contribution < 1.29 is 14.3 Å². The van der Waals surface area contributed by atoms with Crippen LogP contribution in [-0.4, -0.2) is 36.7 Å². The van der Waals surface area contributed by atoms with Crippen molar-refractivity contribution in [2.24, 2.45) is 0 Å². The van der Waals surface area contributed by atoms with Crippen molar-refractivity contribution in [1.82, 2.24) is 4.37 Å². The fraction of sp³-hybridized carbons (Fsp3) is 0.636. The molecule has 1 aromatic heterocycles. The van der Waals surface area contributed by atoms with Crippen molar-refractivity contribution in [3.63, 3.8) is 0 Å². The van der Waals surface area contributed by atoms with Gasteiger partial charge in [0.05, 0.1) is 18.4 Å². The van der Waals surface area contributed by atoms with E-state index in [9.17, 15) is 4.79 Å². The van der Waals surface area contributed by atoms with Gasteiger partial charge in [-0.25, -0.2) is 4.79 Å². The predicted octanol–water partition coefficient (Wildman–Crippen LogP) is 2.08. The maximum absolute atomic E-state index is 11.8. The Morgan fingerprint density at radius 2 is 2.18 bits per heavy atom. The van der Waals surface area contributed by atoms with Gasteiger partial charge in [0.1, 0.15) is 17.2 Å². The number of carbonyl (C=O) groups is 1. The van der Waals surface area contributed by atoms with Gasteiger partial charge in [-0.1, -0.05) is 0 Å². The highest BCUT2D eigenvalue weighted by molar-refractivity contribution is 7.10. The van der Waals surface area contributed by atoms with Crippen LogP contribution >= 0.6 is 11.5 Å². The first-order chi connectivity index (χ1) is 8.06. The second-order valence-corrected chi connectivity index (χ2v) is 4.55. The van der Waals surface area contributed by atoms with Gasteiger partial charge in [0, 0.05) is 7.05 Å². The normalized spacial score (nSPS) is 10.6. The smallest absolute Gasteiger partial charge is 0.343 e. The third-order valence-electron chi connectivity index (χ3n) is 2.06. The van der Waals surface area contributed by atoms with Crippen LogP contribution in [0.5, 0.6) is 0 Å². The van der Waals surface area contributed by atoms with Crippen LogP contribution in [0.1, 0.15) is 29.9 Å². The summed E-state index contributed by atoms with van der Waals surface area (Å²) in [6, 6.07) is 0. The van der Waals surface area contributed by atoms with E-state index in [-0.39, 0.29) is 18.7 Å². The van der Waals surface area contributed by atoms with Gasteiger partial charge in [-0.05, 0) is 32.3 Å². The molecule has 1 N–H and O–H groups in total. The van der Waals surface area contributed by atoms with E-state index in [4.69, 9.17) is 9.47 Å². The zero-order valence-corrected chi connectivity index (χ0v) is 11.4. The van der Waals surface area contributed by atoms with Gasteiger partial charge < -0.3 is 14.8 Å². The van der Waals surface area contributed by atoms with Gasteiger partial charge in [-0.3, -0.25) is 0 Å². The van der Waals surface area contributed by atoms with Crippen LogP contribution in [-0.2, 0) is 9.47 Å². The average Bonchev–Trinajstić information content (AvgIpc) is 2.65. The van der Waals surface area contributed by atoms with E-state index < -0.39 is 0 Å². The highest BCUT2D eigenvalue weighted by Crippen LogP contribution is 2.24. The van der Waals surface area contributed by atoms with Gasteiger partial charge >= 0.3 is 5.97 Å². The molecule has 17 heavy (non-hydrogen) atoms. The fourth-order valence-corrected chi connectivity index (χ4v) is 2.00. The van der Waals surface area contributed by atoms with Crippen molar-refractivity contribution in [2.75, 3.05) is 25.6 Å². The number of carbonyl (C=O) groups excluding carboxylic acids is 1. The first-order valence-corrected chi connectivity index (χ1v) is 6.26. The van der Waals surface area contributed by atoms with Crippen molar-refractivity contribution in [3.05, 3.63) is 11.3 Å². The summed E-state index contributed by atoms with van der Waals surface area (Å²) in [5.74, 6) is -0.354. The van der Waals surface area contributed by atoms with Gasteiger partial charge in [-0.2, -0.15) is 4.37 Å². The van der Waals surface area contributed by atoms with E-state index in [0.717, 1.165) is 5.00 Å². The second-order valence-electron chi connectivity index (χ2n) is 3.78. The predicted molar refractivity (Wildman–Crippen MR) is 67.8 cm³/mol. The number of aromatic nitrogens is 1. The molecule has 5 nitrogen and oxygen atoms in total. The van der Waals surface area contributed by atoms with Crippen LogP contribution in [0.4, 0.5) is 5.00 Å². The minimum atomic E-state index is -0.354. The number of esters is 1. The van der Waals surface area contributed by atoms with Gasteiger partial charge in [0.15, 0.2) is 0 Å². The van der Waals surface area contributed by atoms with Crippen LogP contribution in [0.25, 0.3) is 0 Å². The van der Waals surface area contributed by atoms with Crippen LogP contribution in [0, 0.1) is 6.92 Å². The average molecular weight is 258 g/mol. The van der Waals surface area contributed by atoms with Crippen LogP contribution in [0.15, 0.2) is 0 Å². The summed E-state index contributed by atoms with van der Waals surface area (Å²) in [6.07, 6.45) is 0.145.